The number of hydrogen-bond acceptors (Lipinski definition) is 3. The molecule has 0 fully saturated rings. The lowest BCUT2D eigenvalue weighted by atomic mass is 9.93. The van der Waals surface area contributed by atoms with Crippen LogP contribution in [0.5, 0.6) is 0 Å². The van der Waals surface area contributed by atoms with E-state index in [1.54, 1.807) is 7.11 Å². The van der Waals surface area contributed by atoms with Gasteiger partial charge in [0.05, 0.1) is 11.6 Å². The molecule has 2 atom stereocenters. The van der Waals surface area contributed by atoms with Gasteiger partial charge in [0.1, 0.15) is 0 Å². The van der Waals surface area contributed by atoms with Crippen LogP contribution in [0.1, 0.15) is 13.8 Å². The minimum Gasteiger partial charge on any atom is -0.380 e. The van der Waals surface area contributed by atoms with Gasteiger partial charge in [-0.15, -0.1) is 0 Å². The van der Waals surface area contributed by atoms with Gasteiger partial charge in [0.2, 0.25) is 0 Å². The van der Waals surface area contributed by atoms with Crippen LogP contribution in [-0.4, -0.2) is 42.6 Å². The number of ether oxygens (including phenoxy) is 1. The molecular formula is C10H19BrN2O. The Morgan fingerprint density at radius 2 is 2.43 bits per heavy atom. The molecule has 14 heavy (non-hydrogen) atoms. The molecule has 4 heteroatoms. The molecule has 1 aliphatic heterocycles. The first-order valence-corrected chi connectivity index (χ1v) is 5.92. The predicted molar refractivity (Wildman–Crippen MR) is 62.5 cm³/mol. The van der Waals surface area contributed by atoms with Crippen LogP contribution in [0.2, 0.25) is 0 Å². The van der Waals surface area contributed by atoms with E-state index in [0.717, 1.165) is 11.9 Å². The molecular weight excluding hydrogens is 244 g/mol. The van der Waals surface area contributed by atoms with Gasteiger partial charge in [-0.2, -0.15) is 0 Å². The molecule has 1 N–H and O–H groups in total. The normalized spacial score (nSPS) is 29.5. The molecule has 82 valence electrons. The van der Waals surface area contributed by atoms with Gasteiger partial charge >= 0.3 is 0 Å². The van der Waals surface area contributed by atoms with Crippen molar-refractivity contribution in [1.82, 2.24) is 10.2 Å². The van der Waals surface area contributed by atoms with Crippen LogP contribution >= 0.6 is 15.9 Å². The number of likely N-dealkylation sites (N-methyl/N-ethyl adjacent to an activating group) is 1. The van der Waals surface area contributed by atoms with Gasteiger partial charge in [-0.25, -0.2) is 0 Å². The topological polar surface area (TPSA) is 24.5 Å². The summed E-state index contributed by atoms with van der Waals surface area (Å²) in [5.74, 6) is 0. The fourth-order valence-electron chi connectivity index (χ4n) is 1.64. The van der Waals surface area contributed by atoms with Gasteiger partial charge in [0.15, 0.2) is 0 Å². The number of allylic oxidation sites excluding steroid dienone is 1. The van der Waals surface area contributed by atoms with Gasteiger partial charge in [-0.05, 0) is 13.8 Å². The third-order valence-electron chi connectivity index (χ3n) is 3.01. The van der Waals surface area contributed by atoms with Crippen molar-refractivity contribution in [2.75, 3.05) is 26.0 Å². The molecule has 1 heterocycles. The Morgan fingerprint density at radius 1 is 1.79 bits per heavy atom. The molecule has 0 spiro atoms. The summed E-state index contributed by atoms with van der Waals surface area (Å²) >= 11 is 3.46. The maximum atomic E-state index is 5.38. The number of alkyl halides is 1. The highest BCUT2D eigenvalue weighted by Gasteiger charge is 2.34. The molecule has 0 aromatic rings. The third kappa shape index (κ3) is 2.23. The van der Waals surface area contributed by atoms with Gasteiger partial charge in [-0.1, -0.05) is 15.9 Å². The number of halogens is 1. The monoisotopic (exact) mass is 262 g/mol. The summed E-state index contributed by atoms with van der Waals surface area (Å²) in [7, 11) is 3.86. The van der Waals surface area contributed by atoms with Gasteiger partial charge in [0.25, 0.3) is 0 Å². The fraction of sp³-hybridized carbons (Fsp3) is 0.800. The molecule has 2 unspecified atom stereocenters. The van der Waals surface area contributed by atoms with Crippen LogP contribution in [0.3, 0.4) is 0 Å². The van der Waals surface area contributed by atoms with Gasteiger partial charge in [0, 0.05) is 37.9 Å². The second-order valence-electron chi connectivity index (χ2n) is 4.07. The van der Waals surface area contributed by atoms with E-state index < -0.39 is 0 Å². The van der Waals surface area contributed by atoms with E-state index in [2.05, 4.69) is 53.2 Å². The van der Waals surface area contributed by atoms with Crippen LogP contribution in [0, 0.1) is 0 Å². The molecule has 1 aliphatic rings. The summed E-state index contributed by atoms with van der Waals surface area (Å²) in [4.78, 5) is 2.25. The molecule has 0 saturated heterocycles. The summed E-state index contributed by atoms with van der Waals surface area (Å²) < 4.78 is 5.38. The van der Waals surface area contributed by atoms with E-state index in [1.165, 1.54) is 5.70 Å². The predicted octanol–water partition coefficient (Wildman–Crippen LogP) is 1.55. The van der Waals surface area contributed by atoms with E-state index in [9.17, 15) is 0 Å². The second-order valence-corrected chi connectivity index (χ2v) is 4.63. The van der Waals surface area contributed by atoms with E-state index in [1.807, 2.05) is 0 Å². The van der Waals surface area contributed by atoms with Crippen LogP contribution < -0.4 is 5.32 Å². The number of hydrogen-bond donors (Lipinski definition) is 1. The summed E-state index contributed by atoms with van der Waals surface area (Å²) in [6.45, 7) is 5.23. The number of nitrogens with one attached hydrogen (secondary N) is 1. The van der Waals surface area contributed by atoms with Crippen molar-refractivity contribution in [2.24, 2.45) is 0 Å². The number of methoxy groups -OCH3 is 1. The molecule has 1 rings (SSSR count). The van der Waals surface area contributed by atoms with Crippen molar-refractivity contribution in [3.8, 4) is 0 Å². The lowest BCUT2D eigenvalue weighted by Gasteiger charge is -2.43. The van der Waals surface area contributed by atoms with Gasteiger partial charge in [-0.3, -0.25) is 0 Å². The average Bonchev–Trinajstić information content (AvgIpc) is 2.17. The van der Waals surface area contributed by atoms with E-state index in [-0.39, 0.29) is 11.6 Å². The van der Waals surface area contributed by atoms with Crippen LogP contribution in [-0.2, 0) is 4.74 Å². The molecule has 0 amide bonds. The molecule has 0 saturated carbocycles. The summed E-state index contributed by atoms with van der Waals surface area (Å²) in [5, 5.41) is 4.30. The lowest BCUT2D eigenvalue weighted by molar-refractivity contribution is 0.0277. The minimum atomic E-state index is -0.00479. The zero-order valence-corrected chi connectivity index (χ0v) is 10.9. The molecule has 0 bridgehead atoms. The third-order valence-corrected chi connectivity index (χ3v) is 3.59. The standard InChI is InChI=1S/C10H19BrN2O/c1-8(14-4)10(2)7-13(3)9(5-11)6-12-10/h6,8,12H,5,7H2,1-4H3. The molecule has 0 aromatic carbocycles. The molecule has 0 radical (unpaired) electrons. The second kappa shape index (κ2) is 4.53. The highest BCUT2D eigenvalue weighted by Crippen LogP contribution is 2.21. The Bertz CT molecular complexity index is 232. The van der Waals surface area contributed by atoms with Crippen molar-refractivity contribution < 1.29 is 4.74 Å². The minimum absolute atomic E-state index is 0.00479. The van der Waals surface area contributed by atoms with Crippen molar-refractivity contribution in [3.63, 3.8) is 0 Å². The Balaban J connectivity index is 2.75. The Labute approximate surface area is 94.6 Å². The van der Waals surface area contributed by atoms with Crippen LogP contribution in [0.15, 0.2) is 11.9 Å². The highest BCUT2D eigenvalue weighted by molar-refractivity contribution is 9.09. The van der Waals surface area contributed by atoms with Crippen molar-refractivity contribution in [2.45, 2.75) is 25.5 Å². The van der Waals surface area contributed by atoms with Crippen LogP contribution in [0.4, 0.5) is 0 Å². The summed E-state index contributed by atoms with van der Waals surface area (Å²) in [6.07, 6.45) is 2.26. The largest absolute Gasteiger partial charge is 0.380 e. The van der Waals surface area contributed by atoms with E-state index in [4.69, 9.17) is 4.74 Å². The Morgan fingerprint density at radius 3 is 2.86 bits per heavy atom. The zero-order chi connectivity index (χ0) is 10.8. The highest BCUT2D eigenvalue weighted by atomic mass is 79.9. The first-order valence-electron chi connectivity index (χ1n) is 4.80. The Hall–Kier alpha value is -0.220. The zero-order valence-electron chi connectivity index (χ0n) is 9.30. The summed E-state index contributed by atoms with van der Waals surface area (Å²) in [6, 6.07) is 0. The quantitative estimate of drug-likeness (QED) is 0.782. The SMILES string of the molecule is COC(C)C1(C)CN(C)C(CBr)=CN1. The van der Waals surface area contributed by atoms with Gasteiger partial charge < -0.3 is 15.0 Å². The molecule has 3 nitrogen and oxygen atoms in total. The number of rotatable bonds is 3. The molecule has 0 aromatic heterocycles. The summed E-state index contributed by atoms with van der Waals surface area (Å²) in [5.41, 5.74) is 1.26. The van der Waals surface area contributed by atoms with Crippen molar-refractivity contribution in [3.05, 3.63) is 11.9 Å². The maximum absolute atomic E-state index is 5.38. The fourth-order valence-corrected chi connectivity index (χ4v) is 2.23. The van der Waals surface area contributed by atoms with Crippen molar-refractivity contribution in [1.29, 1.82) is 0 Å². The Kier molecular flexibility index (Phi) is 3.84. The first-order chi connectivity index (χ1) is 6.53. The molecule has 0 aliphatic carbocycles. The number of nitrogens with zero attached hydrogens (tertiary/aromatic N) is 1. The lowest BCUT2D eigenvalue weighted by Crippen LogP contribution is -2.59. The van der Waals surface area contributed by atoms with E-state index >= 15 is 0 Å². The average molecular weight is 263 g/mol. The van der Waals surface area contributed by atoms with Crippen molar-refractivity contribution >= 4 is 15.9 Å². The van der Waals surface area contributed by atoms with Crippen LogP contribution in [0.25, 0.3) is 0 Å². The maximum Gasteiger partial charge on any atom is 0.0787 e. The van der Waals surface area contributed by atoms with E-state index in [0.29, 0.717) is 0 Å². The smallest absolute Gasteiger partial charge is 0.0787 e. The first kappa shape index (κ1) is 11.9.